The highest BCUT2D eigenvalue weighted by molar-refractivity contribution is 5.91. The SMILES string of the molecule is Cc1cccc(C(C)C)c1NC(=O)N1CCN(CC(=O)N2CCOCC2)CC1. The van der Waals surface area contributed by atoms with Crippen molar-refractivity contribution < 1.29 is 14.3 Å². The number of hydrogen-bond acceptors (Lipinski definition) is 4. The van der Waals surface area contributed by atoms with Gasteiger partial charge >= 0.3 is 6.03 Å². The third-order valence-corrected chi connectivity index (χ3v) is 5.54. The molecule has 0 radical (unpaired) electrons. The van der Waals surface area contributed by atoms with E-state index in [0.717, 1.165) is 16.8 Å². The van der Waals surface area contributed by atoms with E-state index in [9.17, 15) is 9.59 Å². The van der Waals surface area contributed by atoms with Crippen molar-refractivity contribution in [1.29, 1.82) is 0 Å². The van der Waals surface area contributed by atoms with Gasteiger partial charge in [-0.15, -0.1) is 0 Å². The number of urea groups is 1. The number of morpholine rings is 1. The van der Waals surface area contributed by atoms with Crippen molar-refractivity contribution in [1.82, 2.24) is 14.7 Å². The minimum Gasteiger partial charge on any atom is -0.378 e. The molecule has 1 N–H and O–H groups in total. The Labute approximate surface area is 167 Å². The molecule has 7 heteroatoms. The quantitative estimate of drug-likeness (QED) is 0.858. The Balaban J connectivity index is 1.51. The van der Waals surface area contributed by atoms with Crippen molar-refractivity contribution >= 4 is 17.6 Å². The number of hydrogen-bond donors (Lipinski definition) is 1. The predicted molar refractivity (Wildman–Crippen MR) is 110 cm³/mol. The number of carbonyl (C=O) groups excluding carboxylic acids is 2. The van der Waals surface area contributed by atoms with Crippen LogP contribution in [0.2, 0.25) is 0 Å². The number of para-hydroxylation sites is 1. The third kappa shape index (κ3) is 5.02. The van der Waals surface area contributed by atoms with Crippen LogP contribution < -0.4 is 5.32 Å². The van der Waals surface area contributed by atoms with Gasteiger partial charge in [-0.2, -0.15) is 0 Å². The molecule has 154 valence electrons. The molecule has 0 aliphatic carbocycles. The third-order valence-electron chi connectivity index (χ3n) is 5.54. The van der Waals surface area contributed by atoms with E-state index < -0.39 is 0 Å². The van der Waals surface area contributed by atoms with E-state index >= 15 is 0 Å². The molecular formula is C21H32N4O3. The van der Waals surface area contributed by atoms with E-state index in [1.807, 2.05) is 28.9 Å². The topological polar surface area (TPSA) is 65.1 Å². The lowest BCUT2D eigenvalue weighted by molar-refractivity contribution is -0.136. The van der Waals surface area contributed by atoms with Crippen LogP contribution in [0, 0.1) is 6.92 Å². The summed E-state index contributed by atoms with van der Waals surface area (Å²) in [5, 5.41) is 3.12. The number of nitrogens with one attached hydrogen (secondary N) is 1. The molecule has 0 bridgehead atoms. The molecule has 1 aromatic rings. The second-order valence-corrected chi connectivity index (χ2v) is 7.88. The fourth-order valence-electron chi connectivity index (χ4n) is 3.74. The normalized spacial score (nSPS) is 18.4. The molecule has 2 fully saturated rings. The van der Waals surface area contributed by atoms with Crippen LogP contribution in [0.1, 0.15) is 30.9 Å². The standard InChI is InChI=1S/C21H32N4O3/c1-16(2)18-6-4-5-17(3)20(18)22-21(27)25-9-7-23(8-10-25)15-19(26)24-11-13-28-14-12-24/h4-6,16H,7-15H2,1-3H3,(H,22,27). The van der Waals surface area contributed by atoms with Crippen LogP contribution in [-0.4, -0.2) is 85.7 Å². The highest BCUT2D eigenvalue weighted by atomic mass is 16.5. The highest BCUT2D eigenvalue weighted by Crippen LogP contribution is 2.27. The number of ether oxygens (including phenoxy) is 1. The van der Waals surface area contributed by atoms with Crippen LogP contribution >= 0.6 is 0 Å². The van der Waals surface area contributed by atoms with Gasteiger partial charge in [0.25, 0.3) is 0 Å². The van der Waals surface area contributed by atoms with Gasteiger partial charge in [-0.25, -0.2) is 4.79 Å². The van der Waals surface area contributed by atoms with Gasteiger partial charge in [0.15, 0.2) is 0 Å². The van der Waals surface area contributed by atoms with Crippen molar-refractivity contribution in [3.05, 3.63) is 29.3 Å². The van der Waals surface area contributed by atoms with Crippen LogP contribution in [-0.2, 0) is 9.53 Å². The molecule has 28 heavy (non-hydrogen) atoms. The number of benzene rings is 1. The molecule has 1 aromatic carbocycles. The minimum atomic E-state index is -0.0599. The Morgan fingerprint density at radius 3 is 2.36 bits per heavy atom. The van der Waals surface area contributed by atoms with E-state index in [1.165, 1.54) is 0 Å². The lowest BCUT2D eigenvalue weighted by atomic mass is 9.98. The molecule has 2 aliphatic heterocycles. The number of anilines is 1. The lowest BCUT2D eigenvalue weighted by Gasteiger charge is -2.36. The van der Waals surface area contributed by atoms with Gasteiger partial charge in [0.2, 0.25) is 5.91 Å². The zero-order chi connectivity index (χ0) is 20.1. The maximum absolute atomic E-state index is 12.8. The van der Waals surface area contributed by atoms with Gasteiger partial charge in [-0.3, -0.25) is 9.69 Å². The second-order valence-electron chi connectivity index (χ2n) is 7.88. The fourth-order valence-corrected chi connectivity index (χ4v) is 3.74. The van der Waals surface area contributed by atoms with Gasteiger partial charge in [0.05, 0.1) is 19.8 Å². The number of rotatable bonds is 4. The van der Waals surface area contributed by atoms with Crippen LogP contribution in [0.5, 0.6) is 0 Å². The highest BCUT2D eigenvalue weighted by Gasteiger charge is 2.25. The van der Waals surface area contributed by atoms with E-state index in [1.54, 1.807) is 0 Å². The van der Waals surface area contributed by atoms with Crippen molar-refractivity contribution in [3.63, 3.8) is 0 Å². The summed E-state index contributed by atoms with van der Waals surface area (Å²) in [7, 11) is 0. The second kappa shape index (κ2) is 9.39. The maximum atomic E-state index is 12.8. The molecular weight excluding hydrogens is 356 g/mol. The molecule has 0 aromatic heterocycles. The zero-order valence-corrected chi connectivity index (χ0v) is 17.2. The van der Waals surface area contributed by atoms with Crippen molar-refractivity contribution in [2.45, 2.75) is 26.7 Å². The number of aryl methyl sites for hydroxylation is 1. The summed E-state index contributed by atoms with van der Waals surface area (Å²) >= 11 is 0. The summed E-state index contributed by atoms with van der Waals surface area (Å²) in [4.78, 5) is 31.0. The molecule has 2 heterocycles. The molecule has 2 aliphatic rings. The van der Waals surface area contributed by atoms with Crippen LogP contribution in [0.15, 0.2) is 18.2 Å². The first-order chi connectivity index (χ1) is 13.5. The van der Waals surface area contributed by atoms with E-state index in [2.05, 4.69) is 30.1 Å². The zero-order valence-electron chi connectivity index (χ0n) is 17.2. The van der Waals surface area contributed by atoms with Gasteiger partial charge in [-0.1, -0.05) is 32.0 Å². The van der Waals surface area contributed by atoms with Crippen molar-refractivity contribution in [2.75, 3.05) is 64.3 Å². The van der Waals surface area contributed by atoms with Crippen LogP contribution in [0.25, 0.3) is 0 Å². The number of nitrogens with zero attached hydrogens (tertiary/aromatic N) is 3. The van der Waals surface area contributed by atoms with Crippen molar-refractivity contribution in [3.8, 4) is 0 Å². The van der Waals surface area contributed by atoms with E-state index in [0.29, 0.717) is 64.9 Å². The smallest absolute Gasteiger partial charge is 0.321 e. The number of piperazine rings is 1. The van der Waals surface area contributed by atoms with Gasteiger partial charge in [0.1, 0.15) is 0 Å². The summed E-state index contributed by atoms with van der Waals surface area (Å²) in [5.74, 6) is 0.501. The Morgan fingerprint density at radius 2 is 1.71 bits per heavy atom. The summed E-state index contributed by atoms with van der Waals surface area (Å²) in [6.45, 7) is 12.0. The summed E-state index contributed by atoms with van der Waals surface area (Å²) < 4.78 is 5.30. The lowest BCUT2D eigenvalue weighted by Crippen LogP contribution is -2.53. The fraction of sp³-hybridized carbons (Fsp3) is 0.619. The Hall–Kier alpha value is -2.12. The average molecular weight is 389 g/mol. The molecule has 3 amide bonds. The molecule has 0 saturated carbocycles. The largest absolute Gasteiger partial charge is 0.378 e. The minimum absolute atomic E-state index is 0.0599. The van der Waals surface area contributed by atoms with Gasteiger partial charge in [-0.05, 0) is 24.0 Å². The average Bonchev–Trinajstić information content (AvgIpc) is 2.70. The first-order valence-electron chi connectivity index (χ1n) is 10.2. The molecule has 0 unspecified atom stereocenters. The maximum Gasteiger partial charge on any atom is 0.321 e. The summed E-state index contributed by atoms with van der Waals surface area (Å²) in [6, 6.07) is 6.07. The first-order valence-corrected chi connectivity index (χ1v) is 10.2. The predicted octanol–water partition coefficient (Wildman–Crippen LogP) is 2.13. The van der Waals surface area contributed by atoms with Gasteiger partial charge in [0, 0.05) is 45.0 Å². The molecule has 0 atom stereocenters. The Bertz CT molecular complexity index is 693. The molecule has 2 saturated heterocycles. The number of carbonyl (C=O) groups is 2. The Morgan fingerprint density at radius 1 is 1.04 bits per heavy atom. The summed E-state index contributed by atoms with van der Waals surface area (Å²) in [6.07, 6.45) is 0. The van der Waals surface area contributed by atoms with Gasteiger partial charge < -0.3 is 19.9 Å². The Kier molecular flexibility index (Phi) is 6.91. The monoisotopic (exact) mass is 388 g/mol. The molecule has 0 spiro atoms. The van der Waals surface area contributed by atoms with E-state index in [-0.39, 0.29) is 11.9 Å². The van der Waals surface area contributed by atoms with E-state index in [4.69, 9.17) is 4.74 Å². The molecule has 3 rings (SSSR count). The van der Waals surface area contributed by atoms with Crippen LogP contribution in [0.3, 0.4) is 0 Å². The number of amides is 3. The van der Waals surface area contributed by atoms with Crippen molar-refractivity contribution in [2.24, 2.45) is 0 Å². The molecule has 7 nitrogen and oxygen atoms in total. The van der Waals surface area contributed by atoms with Crippen LogP contribution in [0.4, 0.5) is 10.5 Å². The first kappa shape index (κ1) is 20.6. The summed E-state index contributed by atoms with van der Waals surface area (Å²) in [5.41, 5.74) is 3.16.